The van der Waals surface area contributed by atoms with E-state index in [9.17, 15) is 13.2 Å². The molecule has 1 unspecified atom stereocenters. The number of carbonyl (C=O) groups is 1. The summed E-state index contributed by atoms with van der Waals surface area (Å²) in [6.45, 7) is 1.99. The summed E-state index contributed by atoms with van der Waals surface area (Å²) in [7, 11) is -2.03. The number of carbonyl (C=O) groups excluding carboxylic acids is 1. The van der Waals surface area contributed by atoms with E-state index in [0.29, 0.717) is 27.9 Å². The Bertz CT molecular complexity index is 1010. The molecule has 0 saturated carbocycles. The van der Waals surface area contributed by atoms with E-state index in [-0.39, 0.29) is 13.0 Å². The highest BCUT2D eigenvalue weighted by molar-refractivity contribution is 7.92. The van der Waals surface area contributed by atoms with Gasteiger partial charge in [-0.2, -0.15) is 0 Å². The van der Waals surface area contributed by atoms with E-state index < -0.39 is 22.0 Å². The molecule has 0 fully saturated rings. The van der Waals surface area contributed by atoms with Gasteiger partial charge in [-0.15, -0.1) is 0 Å². The third-order valence-electron chi connectivity index (χ3n) is 4.36. The standard InChI is InChI=1S/C19H21ClN2O5S/c1-12-4-6-17-15(10-12)22(28(3,24)25)9-8-18(27-17)19(23)21-14-11-13(20)5-7-16(14)26-2/h4-7,10-11,18H,8-9H2,1-3H3,(H,21,23). The predicted molar refractivity (Wildman–Crippen MR) is 109 cm³/mol. The molecule has 9 heteroatoms. The number of nitrogens with one attached hydrogen (secondary N) is 1. The molecule has 7 nitrogen and oxygen atoms in total. The first-order chi connectivity index (χ1) is 13.2. The molecule has 28 heavy (non-hydrogen) atoms. The average molecular weight is 425 g/mol. The van der Waals surface area contributed by atoms with Crippen LogP contribution < -0.4 is 19.1 Å². The smallest absolute Gasteiger partial charge is 0.265 e. The number of hydrogen-bond acceptors (Lipinski definition) is 5. The third-order valence-corrected chi connectivity index (χ3v) is 5.77. The molecule has 0 aliphatic carbocycles. The fourth-order valence-electron chi connectivity index (χ4n) is 3.01. The third kappa shape index (κ3) is 4.34. The summed E-state index contributed by atoms with van der Waals surface area (Å²) in [6, 6.07) is 10.1. The summed E-state index contributed by atoms with van der Waals surface area (Å²) in [6.07, 6.45) is 0.447. The van der Waals surface area contributed by atoms with Crippen LogP contribution in [0.5, 0.6) is 11.5 Å². The molecule has 2 aromatic rings. The normalized spacial score (nSPS) is 16.6. The van der Waals surface area contributed by atoms with Gasteiger partial charge in [0.15, 0.2) is 6.10 Å². The van der Waals surface area contributed by atoms with Gasteiger partial charge in [0.1, 0.15) is 11.5 Å². The van der Waals surface area contributed by atoms with Crippen LogP contribution in [0.1, 0.15) is 12.0 Å². The number of hydrogen-bond donors (Lipinski definition) is 1. The number of aryl methyl sites for hydroxylation is 1. The molecule has 1 amide bonds. The molecule has 1 aliphatic rings. The molecular formula is C19H21ClN2O5S. The minimum absolute atomic E-state index is 0.125. The maximum Gasteiger partial charge on any atom is 0.265 e. The van der Waals surface area contributed by atoms with Crippen LogP contribution in [0.3, 0.4) is 0 Å². The van der Waals surface area contributed by atoms with E-state index in [2.05, 4.69) is 5.32 Å². The van der Waals surface area contributed by atoms with Crippen LogP contribution in [0.25, 0.3) is 0 Å². The number of methoxy groups -OCH3 is 1. The van der Waals surface area contributed by atoms with Gasteiger partial charge in [0, 0.05) is 18.0 Å². The van der Waals surface area contributed by atoms with E-state index >= 15 is 0 Å². The number of nitrogens with zero attached hydrogens (tertiary/aromatic N) is 1. The maximum atomic E-state index is 12.8. The van der Waals surface area contributed by atoms with Gasteiger partial charge in [-0.05, 0) is 42.8 Å². The van der Waals surface area contributed by atoms with Crippen molar-refractivity contribution in [3.8, 4) is 11.5 Å². The second-order valence-electron chi connectivity index (χ2n) is 6.54. The molecule has 0 aromatic heterocycles. The van der Waals surface area contributed by atoms with Crippen molar-refractivity contribution in [1.29, 1.82) is 0 Å². The van der Waals surface area contributed by atoms with E-state index in [1.165, 1.54) is 11.4 Å². The summed E-state index contributed by atoms with van der Waals surface area (Å²) >= 11 is 6.01. The fraction of sp³-hybridized carbons (Fsp3) is 0.316. The summed E-state index contributed by atoms with van der Waals surface area (Å²) < 4.78 is 36.9. The summed E-state index contributed by atoms with van der Waals surface area (Å²) in [5.41, 5.74) is 1.73. The molecule has 0 saturated heterocycles. The Morgan fingerprint density at radius 2 is 2.04 bits per heavy atom. The number of fused-ring (bicyclic) bond motifs is 1. The number of benzene rings is 2. The molecule has 0 radical (unpaired) electrons. The number of halogens is 1. The van der Waals surface area contributed by atoms with Crippen molar-refractivity contribution in [2.75, 3.05) is 29.5 Å². The minimum atomic E-state index is -3.52. The SMILES string of the molecule is COc1ccc(Cl)cc1NC(=O)C1CCN(S(C)(=O)=O)c2cc(C)ccc2O1. The van der Waals surface area contributed by atoms with Crippen LogP contribution in [0.2, 0.25) is 5.02 Å². The molecule has 2 aromatic carbocycles. The van der Waals surface area contributed by atoms with E-state index in [1.807, 2.05) is 6.92 Å². The Kier molecular flexibility index (Phi) is 5.71. The summed E-state index contributed by atoms with van der Waals surface area (Å²) in [4.78, 5) is 12.8. The number of ether oxygens (including phenoxy) is 2. The van der Waals surface area contributed by atoms with Gasteiger partial charge in [-0.25, -0.2) is 8.42 Å². The Hall–Kier alpha value is -2.45. The van der Waals surface area contributed by atoms with Gasteiger partial charge in [0.05, 0.1) is 24.7 Å². The maximum absolute atomic E-state index is 12.8. The Labute approximate surface area is 169 Å². The molecule has 3 rings (SSSR count). The molecule has 150 valence electrons. The zero-order valence-corrected chi connectivity index (χ0v) is 17.3. The van der Waals surface area contributed by atoms with Gasteiger partial charge in [0.25, 0.3) is 5.91 Å². The highest BCUT2D eigenvalue weighted by Gasteiger charge is 2.31. The molecular weight excluding hydrogens is 404 g/mol. The zero-order chi connectivity index (χ0) is 20.5. The van der Waals surface area contributed by atoms with Crippen LogP contribution in [0, 0.1) is 6.92 Å². The number of anilines is 2. The molecule has 0 spiro atoms. The van der Waals surface area contributed by atoms with Gasteiger partial charge < -0.3 is 14.8 Å². The van der Waals surface area contributed by atoms with Crippen molar-refractivity contribution in [1.82, 2.24) is 0 Å². The number of amides is 1. The van der Waals surface area contributed by atoms with E-state index in [0.717, 1.165) is 11.8 Å². The Morgan fingerprint density at radius 1 is 1.29 bits per heavy atom. The quantitative estimate of drug-likeness (QED) is 0.814. The lowest BCUT2D eigenvalue weighted by Gasteiger charge is -2.21. The molecule has 0 bridgehead atoms. The van der Waals surface area contributed by atoms with Crippen molar-refractivity contribution >= 4 is 38.9 Å². The number of rotatable bonds is 4. The highest BCUT2D eigenvalue weighted by atomic mass is 35.5. The molecule has 1 atom stereocenters. The zero-order valence-electron chi connectivity index (χ0n) is 15.7. The summed E-state index contributed by atoms with van der Waals surface area (Å²) in [5, 5.41) is 3.20. The lowest BCUT2D eigenvalue weighted by molar-refractivity contribution is -0.122. The minimum Gasteiger partial charge on any atom is -0.495 e. The fourth-order valence-corrected chi connectivity index (χ4v) is 4.12. The van der Waals surface area contributed by atoms with Crippen LogP contribution in [-0.4, -0.2) is 40.3 Å². The van der Waals surface area contributed by atoms with Crippen LogP contribution in [0.15, 0.2) is 36.4 Å². The topological polar surface area (TPSA) is 84.9 Å². The van der Waals surface area contributed by atoms with Crippen molar-refractivity contribution in [2.24, 2.45) is 0 Å². The molecule has 1 heterocycles. The Morgan fingerprint density at radius 3 is 2.71 bits per heavy atom. The van der Waals surface area contributed by atoms with Crippen molar-refractivity contribution in [3.63, 3.8) is 0 Å². The van der Waals surface area contributed by atoms with Crippen molar-refractivity contribution in [3.05, 3.63) is 47.0 Å². The first kappa shape index (κ1) is 20.3. The van der Waals surface area contributed by atoms with Gasteiger partial charge in [0.2, 0.25) is 10.0 Å². The first-order valence-corrected chi connectivity index (χ1v) is 10.8. The first-order valence-electron chi connectivity index (χ1n) is 8.58. The van der Waals surface area contributed by atoms with Crippen LogP contribution in [-0.2, 0) is 14.8 Å². The highest BCUT2D eigenvalue weighted by Crippen LogP contribution is 2.35. The van der Waals surface area contributed by atoms with E-state index in [1.54, 1.807) is 36.4 Å². The predicted octanol–water partition coefficient (Wildman–Crippen LogP) is 3.21. The van der Waals surface area contributed by atoms with E-state index in [4.69, 9.17) is 21.1 Å². The molecule has 1 N–H and O–H groups in total. The van der Waals surface area contributed by atoms with Crippen LogP contribution >= 0.6 is 11.6 Å². The van der Waals surface area contributed by atoms with Gasteiger partial charge in [-0.1, -0.05) is 17.7 Å². The summed E-state index contributed by atoms with van der Waals surface area (Å²) in [5.74, 6) is 0.384. The van der Waals surface area contributed by atoms with Gasteiger partial charge >= 0.3 is 0 Å². The largest absolute Gasteiger partial charge is 0.495 e. The lowest BCUT2D eigenvalue weighted by atomic mass is 10.2. The lowest BCUT2D eigenvalue weighted by Crippen LogP contribution is -2.36. The van der Waals surface area contributed by atoms with Gasteiger partial charge in [-0.3, -0.25) is 9.10 Å². The van der Waals surface area contributed by atoms with Crippen LogP contribution in [0.4, 0.5) is 11.4 Å². The number of sulfonamides is 1. The van der Waals surface area contributed by atoms with Crippen molar-refractivity contribution < 1.29 is 22.7 Å². The molecule has 1 aliphatic heterocycles. The average Bonchev–Trinajstić information content (AvgIpc) is 2.81. The second-order valence-corrected chi connectivity index (χ2v) is 8.88. The Balaban J connectivity index is 1.90. The monoisotopic (exact) mass is 424 g/mol. The second kappa shape index (κ2) is 7.89. The van der Waals surface area contributed by atoms with Crippen molar-refractivity contribution in [2.45, 2.75) is 19.4 Å².